The summed E-state index contributed by atoms with van der Waals surface area (Å²) in [5, 5.41) is 25.7. The average Bonchev–Trinajstić information content (AvgIpc) is 2.73. The minimum Gasteiger partial charge on any atom is -0.508 e. The lowest BCUT2D eigenvalue weighted by Crippen LogP contribution is -2.29. The van der Waals surface area contributed by atoms with Gasteiger partial charge in [-0.15, -0.1) is 0 Å². The normalized spacial score (nSPS) is 15.4. The van der Waals surface area contributed by atoms with E-state index < -0.39 is 10.8 Å². The maximum absolute atomic E-state index is 12.1. The fourth-order valence-corrected chi connectivity index (χ4v) is 3.57. The van der Waals surface area contributed by atoms with Crippen molar-refractivity contribution in [3.63, 3.8) is 0 Å². The van der Waals surface area contributed by atoms with Gasteiger partial charge >= 0.3 is 5.70 Å². The number of phenols is 1. The molecular formula is C23H20N2O4. The minimum absolute atomic E-state index is 0.0130. The van der Waals surface area contributed by atoms with Crippen molar-refractivity contribution in [2.75, 3.05) is 0 Å². The largest absolute Gasteiger partial charge is 0.508 e. The first kappa shape index (κ1) is 18.6. The molecule has 29 heavy (non-hydrogen) atoms. The van der Waals surface area contributed by atoms with Crippen molar-refractivity contribution in [2.24, 2.45) is 0 Å². The van der Waals surface area contributed by atoms with Crippen LogP contribution < -0.4 is 10.1 Å². The van der Waals surface area contributed by atoms with E-state index in [-0.39, 0.29) is 17.3 Å². The lowest BCUT2D eigenvalue weighted by Gasteiger charge is -2.27. The van der Waals surface area contributed by atoms with Crippen LogP contribution in [0.5, 0.6) is 11.5 Å². The summed E-state index contributed by atoms with van der Waals surface area (Å²) in [5.41, 5.74) is 2.88. The van der Waals surface area contributed by atoms with E-state index in [9.17, 15) is 15.2 Å². The Kier molecular flexibility index (Phi) is 4.91. The highest BCUT2D eigenvalue weighted by molar-refractivity contribution is 5.54. The van der Waals surface area contributed by atoms with Crippen molar-refractivity contribution in [3.05, 3.63) is 117 Å². The Balaban J connectivity index is 1.84. The van der Waals surface area contributed by atoms with Crippen molar-refractivity contribution >= 4 is 0 Å². The first-order valence-electron chi connectivity index (χ1n) is 9.27. The number of rotatable bonds is 5. The molecule has 0 amide bonds. The summed E-state index contributed by atoms with van der Waals surface area (Å²) >= 11 is 0. The maximum Gasteiger partial charge on any atom is 0.317 e. The molecule has 1 unspecified atom stereocenters. The van der Waals surface area contributed by atoms with Crippen molar-refractivity contribution in [1.29, 1.82) is 0 Å². The van der Waals surface area contributed by atoms with Crippen molar-refractivity contribution in [2.45, 2.75) is 19.4 Å². The molecule has 1 atom stereocenters. The Morgan fingerprint density at radius 2 is 1.76 bits per heavy atom. The fraction of sp³-hybridized carbons (Fsp3) is 0.130. The zero-order valence-corrected chi connectivity index (χ0v) is 15.8. The van der Waals surface area contributed by atoms with Gasteiger partial charge in [0.15, 0.2) is 0 Å². The predicted octanol–water partition coefficient (Wildman–Crippen LogP) is 4.46. The zero-order valence-electron chi connectivity index (χ0n) is 15.8. The van der Waals surface area contributed by atoms with Gasteiger partial charge in [0.1, 0.15) is 17.4 Å². The third-order valence-corrected chi connectivity index (χ3v) is 4.93. The van der Waals surface area contributed by atoms with Gasteiger partial charge in [-0.1, -0.05) is 66.2 Å². The highest BCUT2D eigenvalue weighted by Crippen LogP contribution is 2.45. The highest BCUT2D eigenvalue weighted by atomic mass is 16.6. The molecule has 0 aromatic heterocycles. The van der Waals surface area contributed by atoms with Gasteiger partial charge in [-0.3, -0.25) is 10.1 Å². The Labute approximate surface area is 168 Å². The van der Waals surface area contributed by atoms with Crippen LogP contribution in [0.3, 0.4) is 0 Å². The second-order valence-corrected chi connectivity index (χ2v) is 6.95. The monoisotopic (exact) mass is 388 g/mol. The third kappa shape index (κ3) is 3.65. The van der Waals surface area contributed by atoms with E-state index >= 15 is 0 Å². The second-order valence-electron chi connectivity index (χ2n) is 6.95. The van der Waals surface area contributed by atoms with Crippen LogP contribution >= 0.6 is 0 Å². The summed E-state index contributed by atoms with van der Waals surface area (Å²) in [5.74, 6) is -0.129. The first-order chi connectivity index (χ1) is 14.0. The number of benzene rings is 3. The number of phenolic OH excluding ortho intramolecular Hbond substituents is 1. The molecule has 4 rings (SSSR count). The van der Waals surface area contributed by atoms with E-state index in [2.05, 4.69) is 5.32 Å². The minimum atomic E-state index is -0.756. The first-order valence-corrected chi connectivity index (χ1v) is 9.27. The molecule has 1 heterocycles. The lowest BCUT2D eigenvalue weighted by molar-refractivity contribution is -0.433. The van der Waals surface area contributed by atoms with Gasteiger partial charge in [0.25, 0.3) is 5.88 Å². The van der Waals surface area contributed by atoms with E-state index in [1.807, 2.05) is 49.4 Å². The molecule has 2 N–H and O–H groups in total. The molecule has 3 aromatic carbocycles. The number of aryl methyl sites for hydroxylation is 1. The molecule has 146 valence electrons. The van der Waals surface area contributed by atoms with Gasteiger partial charge in [-0.25, -0.2) is 0 Å². The average molecular weight is 388 g/mol. The molecule has 0 fully saturated rings. The molecule has 0 spiro atoms. The third-order valence-electron chi connectivity index (χ3n) is 4.93. The number of nitro groups is 1. The Hall–Kier alpha value is -3.80. The lowest BCUT2D eigenvalue weighted by atomic mass is 9.85. The SMILES string of the molecule is Cc1ccc(O)c(C2C([N+](=O)[O-])=C(NCc3ccccc3)Oc3ccccc32)c1. The summed E-state index contributed by atoms with van der Waals surface area (Å²) in [6, 6.07) is 21.9. The summed E-state index contributed by atoms with van der Waals surface area (Å²) < 4.78 is 5.89. The number of ether oxygens (including phenoxy) is 1. The number of para-hydroxylation sites is 1. The van der Waals surface area contributed by atoms with E-state index in [4.69, 9.17) is 4.74 Å². The second kappa shape index (κ2) is 7.67. The van der Waals surface area contributed by atoms with Gasteiger partial charge in [-0.05, 0) is 24.6 Å². The van der Waals surface area contributed by atoms with E-state index in [0.29, 0.717) is 23.4 Å². The van der Waals surface area contributed by atoms with Crippen LogP contribution in [0.1, 0.15) is 28.2 Å². The molecule has 0 saturated heterocycles. The number of nitrogens with one attached hydrogen (secondary N) is 1. The standard InChI is InChI=1S/C23H20N2O4/c1-15-11-12-19(26)18(13-15)21-17-9-5-6-10-20(17)29-23(22(21)25(27)28)24-14-16-7-3-2-4-8-16/h2-13,21,24,26H,14H2,1H3. The Bertz CT molecular complexity index is 1090. The van der Waals surface area contributed by atoms with Crippen LogP contribution in [-0.4, -0.2) is 10.0 Å². The van der Waals surface area contributed by atoms with E-state index in [1.165, 1.54) is 0 Å². The van der Waals surface area contributed by atoms with E-state index in [0.717, 1.165) is 11.1 Å². The molecule has 6 nitrogen and oxygen atoms in total. The summed E-state index contributed by atoms with van der Waals surface area (Å²) in [6.45, 7) is 2.26. The molecule has 3 aromatic rings. The van der Waals surface area contributed by atoms with Crippen molar-refractivity contribution in [1.82, 2.24) is 5.32 Å². The van der Waals surface area contributed by atoms with Gasteiger partial charge in [0, 0.05) is 17.7 Å². The molecule has 6 heteroatoms. The van der Waals surface area contributed by atoms with E-state index in [1.54, 1.807) is 30.3 Å². The summed E-state index contributed by atoms with van der Waals surface area (Å²) in [7, 11) is 0. The molecule has 0 saturated carbocycles. The summed E-state index contributed by atoms with van der Waals surface area (Å²) in [4.78, 5) is 11.7. The van der Waals surface area contributed by atoms with Crippen LogP contribution in [0.2, 0.25) is 0 Å². The van der Waals surface area contributed by atoms with Crippen molar-refractivity contribution in [3.8, 4) is 11.5 Å². The van der Waals surface area contributed by atoms with Crippen LogP contribution in [0.4, 0.5) is 0 Å². The maximum atomic E-state index is 12.1. The van der Waals surface area contributed by atoms with Crippen LogP contribution in [0.25, 0.3) is 0 Å². The van der Waals surface area contributed by atoms with Gasteiger partial charge in [-0.2, -0.15) is 0 Å². The molecule has 0 bridgehead atoms. The van der Waals surface area contributed by atoms with Gasteiger partial charge in [0.05, 0.1) is 4.92 Å². The summed E-state index contributed by atoms with van der Waals surface area (Å²) in [6.07, 6.45) is 0. The molecule has 0 radical (unpaired) electrons. The Morgan fingerprint density at radius 1 is 1.03 bits per heavy atom. The number of allylic oxidation sites excluding steroid dienone is 1. The van der Waals surface area contributed by atoms with Crippen LogP contribution in [0.15, 0.2) is 84.4 Å². The number of nitrogens with zero attached hydrogens (tertiary/aromatic N) is 1. The number of fused-ring (bicyclic) bond motifs is 1. The Morgan fingerprint density at radius 3 is 2.52 bits per heavy atom. The molecular weight excluding hydrogens is 368 g/mol. The number of aromatic hydroxyl groups is 1. The highest BCUT2D eigenvalue weighted by Gasteiger charge is 2.40. The van der Waals surface area contributed by atoms with Gasteiger partial charge in [0.2, 0.25) is 0 Å². The van der Waals surface area contributed by atoms with Gasteiger partial charge < -0.3 is 15.2 Å². The quantitative estimate of drug-likeness (QED) is 0.498. The zero-order chi connectivity index (χ0) is 20.4. The smallest absolute Gasteiger partial charge is 0.317 e. The number of hydrogen-bond acceptors (Lipinski definition) is 5. The van der Waals surface area contributed by atoms with Crippen LogP contribution in [0, 0.1) is 17.0 Å². The molecule has 1 aliphatic rings. The topological polar surface area (TPSA) is 84.6 Å². The molecule has 1 aliphatic heterocycles. The predicted molar refractivity (Wildman–Crippen MR) is 109 cm³/mol. The fourth-order valence-electron chi connectivity index (χ4n) is 3.57. The number of hydrogen-bond donors (Lipinski definition) is 2. The van der Waals surface area contributed by atoms with Crippen LogP contribution in [-0.2, 0) is 6.54 Å². The van der Waals surface area contributed by atoms with Crippen molar-refractivity contribution < 1.29 is 14.8 Å². The molecule has 0 aliphatic carbocycles.